The van der Waals surface area contributed by atoms with E-state index in [1.807, 2.05) is 23.3 Å². The number of carbonyl (C=O) groups excluding carboxylic acids is 2. The number of likely N-dealkylation sites (tertiary alicyclic amines) is 1. The third-order valence-electron chi connectivity index (χ3n) is 5.30. The van der Waals surface area contributed by atoms with Gasteiger partial charge in [-0.05, 0) is 24.3 Å². The van der Waals surface area contributed by atoms with Gasteiger partial charge in [-0.1, -0.05) is 13.0 Å². The molecule has 2 aromatic heterocycles. The normalized spacial score (nSPS) is 19.2. The van der Waals surface area contributed by atoms with Crippen molar-refractivity contribution in [1.29, 1.82) is 0 Å². The molecule has 2 aliphatic heterocycles. The molecule has 1 unspecified atom stereocenters. The van der Waals surface area contributed by atoms with Crippen molar-refractivity contribution >= 4 is 23.2 Å². The molecule has 2 aliphatic rings. The van der Waals surface area contributed by atoms with Gasteiger partial charge in [-0.15, -0.1) is 11.3 Å². The Labute approximate surface area is 161 Å². The maximum Gasteiger partial charge on any atom is 0.264 e. The molecule has 4 rings (SSSR count). The van der Waals surface area contributed by atoms with E-state index in [0.717, 1.165) is 18.5 Å². The number of fused-ring (bicyclic) bond motifs is 1. The lowest BCUT2D eigenvalue weighted by Crippen LogP contribution is -2.40. The molecular weight excluding hydrogens is 364 g/mol. The fourth-order valence-corrected chi connectivity index (χ4v) is 4.57. The SMILES string of the molecule is CCC(=O)N1CCCC1c1nc2c(c(=O)[nH]1)CN(C(=O)c1cccs1)CC2. The van der Waals surface area contributed by atoms with E-state index < -0.39 is 0 Å². The fourth-order valence-electron chi connectivity index (χ4n) is 3.88. The van der Waals surface area contributed by atoms with Gasteiger partial charge in [-0.3, -0.25) is 14.4 Å². The Morgan fingerprint density at radius 1 is 1.37 bits per heavy atom. The summed E-state index contributed by atoms with van der Waals surface area (Å²) in [6, 6.07) is 3.50. The van der Waals surface area contributed by atoms with Crippen LogP contribution < -0.4 is 5.56 Å². The van der Waals surface area contributed by atoms with Crippen LogP contribution in [0.25, 0.3) is 0 Å². The summed E-state index contributed by atoms with van der Waals surface area (Å²) in [6.07, 6.45) is 2.74. The number of rotatable bonds is 3. The lowest BCUT2D eigenvalue weighted by molar-refractivity contribution is -0.131. The van der Waals surface area contributed by atoms with Crippen molar-refractivity contribution in [3.8, 4) is 0 Å². The summed E-state index contributed by atoms with van der Waals surface area (Å²) < 4.78 is 0. The summed E-state index contributed by atoms with van der Waals surface area (Å²) in [5.74, 6) is 0.622. The Bertz CT molecular complexity index is 922. The second kappa shape index (κ2) is 7.26. The molecular formula is C19H22N4O3S. The van der Waals surface area contributed by atoms with Gasteiger partial charge < -0.3 is 14.8 Å². The Hall–Kier alpha value is -2.48. The summed E-state index contributed by atoms with van der Waals surface area (Å²) in [6.45, 7) is 3.38. The van der Waals surface area contributed by atoms with Gasteiger partial charge in [-0.2, -0.15) is 0 Å². The number of carbonyl (C=O) groups is 2. The van der Waals surface area contributed by atoms with Crippen LogP contribution >= 0.6 is 11.3 Å². The molecule has 0 aromatic carbocycles. The van der Waals surface area contributed by atoms with Crippen LogP contribution in [0.1, 0.15) is 59.0 Å². The van der Waals surface area contributed by atoms with E-state index >= 15 is 0 Å². The van der Waals surface area contributed by atoms with E-state index in [1.54, 1.807) is 11.0 Å². The predicted octanol–water partition coefficient (Wildman–Crippen LogP) is 2.10. The van der Waals surface area contributed by atoms with Gasteiger partial charge in [0.15, 0.2) is 0 Å². The summed E-state index contributed by atoms with van der Waals surface area (Å²) >= 11 is 1.40. The Morgan fingerprint density at radius 2 is 2.22 bits per heavy atom. The second-order valence-corrected chi connectivity index (χ2v) is 7.88. The van der Waals surface area contributed by atoms with Crippen molar-refractivity contribution < 1.29 is 9.59 Å². The first kappa shape index (κ1) is 17.9. The van der Waals surface area contributed by atoms with Crippen LogP contribution in [0.5, 0.6) is 0 Å². The van der Waals surface area contributed by atoms with E-state index in [1.165, 1.54) is 11.3 Å². The standard InChI is InChI=1S/C19H22N4O3S/c1-2-16(24)23-8-3-5-14(23)17-20-13-7-9-22(11-12(13)18(25)21-17)19(26)15-6-4-10-27-15/h4,6,10,14H,2-3,5,7-9,11H2,1H3,(H,20,21,25). The highest BCUT2D eigenvalue weighted by Gasteiger charge is 2.33. The first-order valence-electron chi connectivity index (χ1n) is 9.32. The summed E-state index contributed by atoms with van der Waals surface area (Å²) in [7, 11) is 0. The number of H-pyrrole nitrogens is 1. The molecule has 1 atom stereocenters. The second-order valence-electron chi connectivity index (χ2n) is 6.93. The number of nitrogens with zero attached hydrogens (tertiary/aromatic N) is 3. The fraction of sp³-hybridized carbons (Fsp3) is 0.474. The van der Waals surface area contributed by atoms with Crippen LogP contribution in [0.3, 0.4) is 0 Å². The molecule has 0 saturated carbocycles. The zero-order valence-corrected chi connectivity index (χ0v) is 16.1. The Morgan fingerprint density at radius 3 is 2.96 bits per heavy atom. The van der Waals surface area contributed by atoms with E-state index in [4.69, 9.17) is 4.98 Å². The minimum absolute atomic E-state index is 0.0466. The van der Waals surface area contributed by atoms with Crippen molar-refractivity contribution in [2.75, 3.05) is 13.1 Å². The minimum atomic E-state index is -0.200. The number of nitrogens with one attached hydrogen (secondary N) is 1. The highest BCUT2D eigenvalue weighted by atomic mass is 32.1. The van der Waals surface area contributed by atoms with Crippen molar-refractivity contribution in [3.05, 3.63) is 49.8 Å². The van der Waals surface area contributed by atoms with Crippen LogP contribution in [0.2, 0.25) is 0 Å². The van der Waals surface area contributed by atoms with Crippen LogP contribution in [-0.4, -0.2) is 44.7 Å². The number of amides is 2. The van der Waals surface area contributed by atoms with Crippen LogP contribution in [0.4, 0.5) is 0 Å². The highest BCUT2D eigenvalue weighted by molar-refractivity contribution is 7.12. The molecule has 1 saturated heterocycles. The average Bonchev–Trinajstić information content (AvgIpc) is 3.38. The third kappa shape index (κ3) is 3.29. The van der Waals surface area contributed by atoms with Crippen LogP contribution in [-0.2, 0) is 17.8 Å². The smallest absolute Gasteiger partial charge is 0.264 e. The highest BCUT2D eigenvalue weighted by Crippen LogP contribution is 2.30. The van der Waals surface area contributed by atoms with Crippen molar-refractivity contribution in [1.82, 2.24) is 19.8 Å². The monoisotopic (exact) mass is 386 g/mol. The predicted molar refractivity (Wildman–Crippen MR) is 102 cm³/mol. The van der Waals surface area contributed by atoms with Gasteiger partial charge in [0.05, 0.1) is 28.7 Å². The molecule has 142 valence electrons. The lowest BCUT2D eigenvalue weighted by Gasteiger charge is -2.29. The number of aromatic nitrogens is 2. The molecule has 7 nitrogen and oxygen atoms in total. The van der Waals surface area contributed by atoms with E-state index in [0.29, 0.717) is 42.2 Å². The number of aromatic amines is 1. The molecule has 2 amide bonds. The molecule has 27 heavy (non-hydrogen) atoms. The van der Waals surface area contributed by atoms with Gasteiger partial charge >= 0.3 is 0 Å². The minimum Gasteiger partial charge on any atom is -0.333 e. The number of hydrogen-bond acceptors (Lipinski definition) is 5. The average molecular weight is 386 g/mol. The van der Waals surface area contributed by atoms with Crippen LogP contribution in [0, 0.1) is 0 Å². The maximum absolute atomic E-state index is 12.7. The zero-order chi connectivity index (χ0) is 19.0. The summed E-state index contributed by atoms with van der Waals surface area (Å²) in [5.41, 5.74) is 1.11. The lowest BCUT2D eigenvalue weighted by atomic mass is 10.1. The van der Waals surface area contributed by atoms with Gasteiger partial charge in [0, 0.05) is 25.9 Å². The molecule has 0 bridgehead atoms. The molecule has 0 radical (unpaired) electrons. The molecule has 1 N–H and O–H groups in total. The van der Waals surface area contributed by atoms with E-state index in [9.17, 15) is 14.4 Å². The molecule has 4 heterocycles. The maximum atomic E-state index is 12.7. The molecule has 0 aliphatic carbocycles. The Balaban J connectivity index is 1.59. The molecule has 1 fully saturated rings. The first-order valence-corrected chi connectivity index (χ1v) is 10.2. The Kier molecular flexibility index (Phi) is 4.82. The number of hydrogen-bond donors (Lipinski definition) is 1. The third-order valence-corrected chi connectivity index (χ3v) is 6.16. The number of thiophene rings is 1. The van der Waals surface area contributed by atoms with Gasteiger partial charge in [0.25, 0.3) is 11.5 Å². The summed E-state index contributed by atoms with van der Waals surface area (Å²) in [4.78, 5) is 49.2. The van der Waals surface area contributed by atoms with Crippen molar-refractivity contribution in [2.24, 2.45) is 0 Å². The van der Waals surface area contributed by atoms with Gasteiger partial charge in [0.1, 0.15) is 5.82 Å². The quantitative estimate of drug-likeness (QED) is 0.875. The molecule has 0 spiro atoms. The van der Waals surface area contributed by atoms with Crippen molar-refractivity contribution in [3.63, 3.8) is 0 Å². The topological polar surface area (TPSA) is 86.4 Å². The van der Waals surface area contributed by atoms with E-state index in [-0.39, 0.29) is 30.0 Å². The van der Waals surface area contributed by atoms with Crippen LogP contribution in [0.15, 0.2) is 22.3 Å². The summed E-state index contributed by atoms with van der Waals surface area (Å²) in [5, 5.41) is 1.87. The zero-order valence-electron chi connectivity index (χ0n) is 15.2. The molecule has 2 aromatic rings. The van der Waals surface area contributed by atoms with Crippen molar-refractivity contribution in [2.45, 2.75) is 45.2 Å². The van der Waals surface area contributed by atoms with Gasteiger partial charge in [0.2, 0.25) is 5.91 Å². The van der Waals surface area contributed by atoms with E-state index in [2.05, 4.69) is 4.98 Å². The molecule has 8 heteroatoms. The largest absolute Gasteiger partial charge is 0.333 e. The first-order chi connectivity index (χ1) is 13.1. The van der Waals surface area contributed by atoms with Gasteiger partial charge in [-0.25, -0.2) is 4.98 Å².